The number of ketones is 1. The number of rotatable bonds is 6. The summed E-state index contributed by atoms with van der Waals surface area (Å²) in [6.45, 7) is 0.796. The van der Waals surface area contributed by atoms with Gasteiger partial charge in [0.15, 0.2) is 17.3 Å². The van der Waals surface area contributed by atoms with Gasteiger partial charge in [0.1, 0.15) is 0 Å². The number of carbonyl (C=O) groups excluding carboxylic acids is 1. The summed E-state index contributed by atoms with van der Waals surface area (Å²) in [5.41, 5.74) is 1.19. The van der Waals surface area contributed by atoms with Crippen molar-refractivity contribution in [2.45, 2.75) is 6.54 Å². The van der Waals surface area contributed by atoms with Gasteiger partial charge < -0.3 is 14.8 Å². The fourth-order valence-electron chi connectivity index (χ4n) is 2.27. The highest BCUT2D eigenvalue weighted by molar-refractivity contribution is 5.98. The molecule has 0 radical (unpaired) electrons. The SMILES string of the molecule is O=C(CNCc1ccc2c(c1)OCO2)c1cccc([N+](=O)[O-])c1. The van der Waals surface area contributed by atoms with E-state index in [1.165, 1.54) is 18.2 Å². The maximum absolute atomic E-state index is 12.1. The molecule has 3 rings (SSSR count). The summed E-state index contributed by atoms with van der Waals surface area (Å²) in [4.78, 5) is 22.3. The van der Waals surface area contributed by atoms with Crippen molar-refractivity contribution in [2.24, 2.45) is 0 Å². The minimum Gasteiger partial charge on any atom is -0.454 e. The van der Waals surface area contributed by atoms with Crippen LogP contribution in [-0.2, 0) is 6.54 Å². The van der Waals surface area contributed by atoms with Gasteiger partial charge in [-0.05, 0) is 17.7 Å². The molecule has 23 heavy (non-hydrogen) atoms. The summed E-state index contributed by atoms with van der Waals surface area (Å²) in [6.07, 6.45) is 0. The Kier molecular flexibility index (Phi) is 4.20. The topological polar surface area (TPSA) is 90.7 Å². The van der Waals surface area contributed by atoms with Crippen molar-refractivity contribution in [1.82, 2.24) is 5.32 Å². The molecule has 0 atom stereocenters. The van der Waals surface area contributed by atoms with Gasteiger partial charge in [0.25, 0.3) is 5.69 Å². The lowest BCUT2D eigenvalue weighted by Crippen LogP contribution is -2.22. The normalized spacial score (nSPS) is 12.2. The third-order valence-electron chi connectivity index (χ3n) is 3.43. The number of fused-ring (bicyclic) bond motifs is 1. The Balaban J connectivity index is 1.57. The lowest BCUT2D eigenvalue weighted by Gasteiger charge is -2.06. The van der Waals surface area contributed by atoms with Gasteiger partial charge in [0.05, 0.1) is 11.5 Å². The number of nitrogens with one attached hydrogen (secondary N) is 1. The molecule has 1 aliphatic rings. The van der Waals surface area contributed by atoms with E-state index in [1.807, 2.05) is 18.2 Å². The van der Waals surface area contributed by atoms with Gasteiger partial charge in [-0.25, -0.2) is 0 Å². The summed E-state index contributed by atoms with van der Waals surface area (Å²) >= 11 is 0. The number of nitro benzene ring substituents is 1. The number of non-ortho nitro benzene ring substituents is 1. The Labute approximate surface area is 132 Å². The molecule has 0 fully saturated rings. The molecule has 7 heteroatoms. The number of nitro groups is 1. The number of ether oxygens (including phenoxy) is 2. The fourth-order valence-corrected chi connectivity index (χ4v) is 2.27. The first-order chi connectivity index (χ1) is 11.1. The summed E-state index contributed by atoms with van der Waals surface area (Å²) in [5.74, 6) is 1.20. The number of Topliss-reactive ketones (excluding diaryl/α,β-unsaturated/α-hetero) is 1. The van der Waals surface area contributed by atoms with Crippen LogP contribution in [0.1, 0.15) is 15.9 Å². The average molecular weight is 314 g/mol. The molecule has 0 aromatic heterocycles. The molecule has 0 aliphatic carbocycles. The maximum Gasteiger partial charge on any atom is 0.270 e. The van der Waals surface area contributed by atoms with Gasteiger partial charge in [-0.15, -0.1) is 0 Å². The first-order valence-corrected chi connectivity index (χ1v) is 7.00. The van der Waals surface area contributed by atoms with Gasteiger partial charge in [0.2, 0.25) is 6.79 Å². The molecule has 0 bridgehead atoms. The van der Waals surface area contributed by atoms with Crippen molar-refractivity contribution in [3.05, 3.63) is 63.7 Å². The Hall–Kier alpha value is -2.93. The molecule has 0 amide bonds. The second-order valence-electron chi connectivity index (χ2n) is 5.02. The molecular formula is C16H14N2O5. The minimum absolute atomic E-state index is 0.0911. The molecule has 1 N–H and O–H groups in total. The molecule has 118 valence electrons. The van der Waals surface area contributed by atoms with E-state index in [-0.39, 0.29) is 24.8 Å². The van der Waals surface area contributed by atoms with Crippen molar-refractivity contribution in [1.29, 1.82) is 0 Å². The summed E-state index contributed by atoms with van der Waals surface area (Å²) in [6, 6.07) is 11.3. The fraction of sp³-hybridized carbons (Fsp3) is 0.188. The lowest BCUT2D eigenvalue weighted by atomic mass is 10.1. The van der Waals surface area contributed by atoms with Crippen molar-refractivity contribution >= 4 is 11.5 Å². The van der Waals surface area contributed by atoms with Gasteiger partial charge in [-0.3, -0.25) is 14.9 Å². The highest BCUT2D eigenvalue weighted by Crippen LogP contribution is 2.32. The quantitative estimate of drug-likeness (QED) is 0.500. The van der Waals surface area contributed by atoms with E-state index in [2.05, 4.69) is 5.32 Å². The van der Waals surface area contributed by atoms with E-state index in [4.69, 9.17) is 9.47 Å². The number of hydrogen-bond acceptors (Lipinski definition) is 6. The molecule has 2 aromatic carbocycles. The summed E-state index contributed by atoms with van der Waals surface area (Å²) in [5, 5.41) is 13.7. The van der Waals surface area contributed by atoms with Crippen molar-refractivity contribution in [3.63, 3.8) is 0 Å². The van der Waals surface area contributed by atoms with Gasteiger partial charge >= 0.3 is 0 Å². The van der Waals surface area contributed by atoms with Gasteiger partial charge in [0, 0.05) is 24.2 Å². The van der Waals surface area contributed by atoms with E-state index in [0.717, 1.165) is 5.56 Å². The number of carbonyl (C=O) groups is 1. The van der Waals surface area contributed by atoms with E-state index < -0.39 is 4.92 Å². The van der Waals surface area contributed by atoms with Crippen LogP contribution >= 0.6 is 0 Å². The molecule has 0 saturated heterocycles. The number of benzene rings is 2. The predicted molar refractivity (Wildman–Crippen MR) is 81.7 cm³/mol. The lowest BCUT2D eigenvalue weighted by molar-refractivity contribution is -0.384. The minimum atomic E-state index is -0.517. The molecule has 1 aliphatic heterocycles. The Morgan fingerprint density at radius 1 is 1.17 bits per heavy atom. The molecule has 2 aromatic rings. The van der Waals surface area contributed by atoms with Crippen LogP contribution in [0.3, 0.4) is 0 Å². The van der Waals surface area contributed by atoms with Crippen LogP contribution in [0.15, 0.2) is 42.5 Å². The molecule has 0 spiro atoms. The van der Waals surface area contributed by atoms with Crippen LogP contribution in [0.4, 0.5) is 5.69 Å². The third-order valence-corrected chi connectivity index (χ3v) is 3.43. The first-order valence-electron chi connectivity index (χ1n) is 7.00. The van der Waals surface area contributed by atoms with Crippen LogP contribution < -0.4 is 14.8 Å². The molecule has 1 heterocycles. The van der Waals surface area contributed by atoms with Crippen LogP contribution in [0.2, 0.25) is 0 Å². The van der Waals surface area contributed by atoms with Gasteiger partial charge in [-0.1, -0.05) is 18.2 Å². The Bertz CT molecular complexity index is 760. The second kappa shape index (κ2) is 6.45. The van der Waals surface area contributed by atoms with E-state index in [0.29, 0.717) is 23.6 Å². The first kappa shape index (κ1) is 15.0. The Morgan fingerprint density at radius 3 is 2.83 bits per heavy atom. The Morgan fingerprint density at radius 2 is 2.00 bits per heavy atom. The largest absolute Gasteiger partial charge is 0.454 e. The molecule has 0 saturated carbocycles. The van der Waals surface area contributed by atoms with Crippen molar-refractivity contribution in [3.8, 4) is 11.5 Å². The highest BCUT2D eigenvalue weighted by atomic mass is 16.7. The van der Waals surface area contributed by atoms with Crippen LogP contribution in [0.25, 0.3) is 0 Å². The molecular weight excluding hydrogens is 300 g/mol. The maximum atomic E-state index is 12.1. The number of hydrogen-bond donors (Lipinski definition) is 1. The van der Waals surface area contributed by atoms with Gasteiger partial charge in [-0.2, -0.15) is 0 Å². The summed E-state index contributed by atoms with van der Waals surface area (Å²) < 4.78 is 10.5. The average Bonchev–Trinajstić information content (AvgIpc) is 3.02. The van der Waals surface area contributed by atoms with Crippen LogP contribution in [0.5, 0.6) is 11.5 Å². The van der Waals surface area contributed by atoms with E-state index >= 15 is 0 Å². The van der Waals surface area contributed by atoms with Crippen LogP contribution in [0, 0.1) is 10.1 Å². The second-order valence-corrected chi connectivity index (χ2v) is 5.02. The van der Waals surface area contributed by atoms with Crippen LogP contribution in [-0.4, -0.2) is 24.0 Å². The monoisotopic (exact) mass is 314 g/mol. The van der Waals surface area contributed by atoms with E-state index in [1.54, 1.807) is 6.07 Å². The third kappa shape index (κ3) is 3.46. The number of nitrogens with zero attached hydrogens (tertiary/aromatic N) is 1. The zero-order valence-corrected chi connectivity index (χ0v) is 12.2. The molecule has 0 unspecified atom stereocenters. The smallest absolute Gasteiger partial charge is 0.270 e. The van der Waals surface area contributed by atoms with E-state index in [9.17, 15) is 14.9 Å². The van der Waals surface area contributed by atoms with Crippen molar-refractivity contribution < 1.29 is 19.2 Å². The summed E-state index contributed by atoms with van der Waals surface area (Å²) in [7, 11) is 0. The van der Waals surface area contributed by atoms with Crippen molar-refractivity contribution in [2.75, 3.05) is 13.3 Å². The standard InChI is InChI=1S/C16H14N2O5/c19-14(12-2-1-3-13(7-12)18(20)21)9-17-8-11-4-5-15-16(6-11)23-10-22-15/h1-7,17H,8-10H2. The molecule has 7 nitrogen and oxygen atoms in total. The zero-order chi connectivity index (χ0) is 16.2. The zero-order valence-electron chi connectivity index (χ0n) is 12.2. The highest BCUT2D eigenvalue weighted by Gasteiger charge is 2.14. The predicted octanol–water partition coefficient (Wildman–Crippen LogP) is 2.30.